The van der Waals surface area contributed by atoms with E-state index in [1.54, 1.807) is 0 Å². The standard InChI is InChI=1S/C20H30N2O2/c1-17(19-5-3-2-4-6-19)15-20(23)22-9-7-18(8-10-22)16-21-11-13-24-14-12-21/h2-6,17-18H,7-16H2,1H3. The van der Waals surface area contributed by atoms with Crippen LogP contribution in [0.5, 0.6) is 0 Å². The Bertz CT molecular complexity index is 506. The van der Waals surface area contributed by atoms with Crippen LogP contribution >= 0.6 is 0 Å². The second-order valence-corrected chi connectivity index (χ2v) is 7.25. The van der Waals surface area contributed by atoms with E-state index in [4.69, 9.17) is 4.74 Å². The van der Waals surface area contributed by atoms with Gasteiger partial charge in [0.2, 0.25) is 5.91 Å². The molecule has 0 bridgehead atoms. The molecule has 0 spiro atoms. The summed E-state index contributed by atoms with van der Waals surface area (Å²) >= 11 is 0. The molecule has 2 aliphatic rings. The molecule has 4 heteroatoms. The molecule has 1 amide bonds. The number of hydrogen-bond acceptors (Lipinski definition) is 3. The van der Waals surface area contributed by atoms with Crippen molar-refractivity contribution in [2.75, 3.05) is 45.9 Å². The van der Waals surface area contributed by atoms with Crippen LogP contribution in [0.4, 0.5) is 0 Å². The first kappa shape index (κ1) is 17.4. The van der Waals surface area contributed by atoms with E-state index in [0.29, 0.717) is 18.2 Å². The van der Waals surface area contributed by atoms with E-state index in [0.717, 1.165) is 58.2 Å². The van der Waals surface area contributed by atoms with E-state index < -0.39 is 0 Å². The second kappa shape index (κ2) is 8.63. The van der Waals surface area contributed by atoms with E-state index in [2.05, 4.69) is 28.9 Å². The van der Waals surface area contributed by atoms with Gasteiger partial charge in [0.25, 0.3) is 0 Å². The van der Waals surface area contributed by atoms with Gasteiger partial charge >= 0.3 is 0 Å². The van der Waals surface area contributed by atoms with Gasteiger partial charge in [0.1, 0.15) is 0 Å². The van der Waals surface area contributed by atoms with Gasteiger partial charge < -0.3 is 9.64 Å². The molecule has 1 atom stereocenters. The van der Waals surface area contributed by atoms with Crippen LogP contribution in [0.3, 0.4) is 0 Å². The van der Waals surface area contributed by atoms with Crippen molar-refractivity contribution in [3.63, 3.8) is 0 Å². The van der Waals surface area contributed by atoms with E-state index >= 15 is 0 Å². The van der Waals surface area contributed by atoms with Crippen LogP contribution in [0.1, 0.15) is 37.7 Å². The Morgan fingerprint density at radius 1 is 1.12 bits per heavy atom. The molecule has 3 rings (SSSR count). The molecule has 24 heavy (non-hydrogen) atoms. The first-order valence-electron chi connectivity index (χ1n) is 9.35. The lowest BCUT2D eigenvalue weighted by molar-refractivity contribution is -0.133. The van der Waals surface area contributed by atoms with Gasteiger partial charge in [-0.25, -0.2) is 0 Å². The number of hydrogen-bond donors (Lipinski definition) is 0. The van der Waals surface area contributed by atoms with E-state index in [1.807, 2.05) is 18.2 Å². The van der Waals surface area contributed by atoms with Crippen molar-refractivity contribution in [1.82, 2.24) is 9.80 Å². The fourth-order valence-corrected chi connectivity index (χ4v) is 3.80. The van der Waals surface area contributed by atoms with Gasteiger partial charge in [-0.3, -0.25) is 9.69 Å². The minimum Gasteiger partial charge on any atom is -0.379 e. The number of likely N-dealkylation sites (tertiary alicyclic amines) is 1. The quantitative estimate of drug-likeness (QED) is 0.832. The highest BCUT2D eigenvalue weighted by atomic mass is 16.5. The van der Waals surface area contributed by atoms with Crippen molar-refractivity contribution < 1.29 is 9.53 Å². The summed E-state index contributed by atoms with van der Waals surface area (Å²) in [5, 5.41) is 0. The maximum absolute atomic E-state index is 12.6. The fourth-order valence-electron chi connectivity index (χ4n) is 3.80. The van der Waals surface area contributed by atoms with Gasteiger partial charge in [0, 0.05) is 39.1 Å². The first-order chi connectivity index (χ1) is 11.7. The normalized spacial score (nSPS) is 21.6. The predicted molar refractivity (Wildman–Crippen MR) is 96.0 cm³/mol. The third-order valence-corrected chi connectivity index (χ3v) is 5.44. The summed E-state index contributed by atoms with van der Waals surface area (Å²) in [4.78, 5) is 17.2. The molecule has 2 saturated heterocycles. The van der Waals surface area contributed by atoms with E-state index in [9.17, 15) is 4.79 Å². The first-order valence-corrected chi connectivity index (χ1v) is 9.35. The number of ether oxygens (including phenoxy) is 1. The molecular formula is C20H30N2O2. The van der Waals surface area contributed by atoms with Gasteiger partial charge in [0.15, 0.2) is 0 Å². The van der Waals surface area contributed by atoms with Gasteiger partial charge in [-0.05, 0) is 30.2 Å². The summed E-state index contributed by atoms with van der Waals surface area (Å²) in [7, 11) is 0. The van der Waals surface area contributed by atoms with Gasteiger partial charge in [-0.1, -0.05) is 37.3 Å². The predicted octanol–water partition coefficient (Wildman–Crippen LogP) is 2.75. The highest BCUT2D eigenvalue weighted by Gasteiger charge is 2.25. The van der Waals surface area contributed by atoms with E-state index in [-0.39, 0.29) is 0 Å². The van der Waals surface area contributed by atoms with Crippen molar-refractivity contribution in [2.45, 2.75) is 32.1 Å². The molecule has 1 aromatic rings. The van der Waals surface area contributed by atoms with Crippen molar-refractivity contribution >= 4 is 5.91 Å². The molecule has 4 nitrogen and oxygen atoms in total. The van der Waals surface area contributed by atoms with Crippen LogP contribution in [0.15, 0.2) is 30.3 Å². The Morgan fingerprint density at radius 2 is 1.79 bits per heavy atom. The third kappa shape index (κ3) is 4.81. The molecule has 1 unspecified atom stereocenters. The average Bonchev–Trinajstić information content (AvgIpc) is 2.64. The summed E-state index contributed by atoms with van der Waals surface area (Å²) in [6.07, 6.45) is 2.91. The smallest absolute Gasteiger partial charge is 0.223 e. The Kier molecular flexibility index (Phi) is 6.27. The number of piperidine rings is 1. The Balaban J connectivity index is 1.41. The summed E-state index contributed by atoms with van der Waals surface area (Å²) in [6, 6.07) is 10.4. The number of nitrogens with zero attached hydrogens (tertiary/aromatic N) is 2. The molecule has 2 heterocycles. The van der Waals surface area contributed by atoms with Crippen LogP contribution in [0.25, 0.3) is 0 Å². The summed E-state index contributed by atoms with van der Waals surface area (Å²) in [5.74, 6) is 1.35. The largest absolute Gasteiger partial charge is 0.379 e. The van der Waals surface area contributed by atoms with Crippen LogP contribution in [0, 0.1) is 5.92 Å². The minimum absolute atomic E-state index is 0.296. The lowest BCUT2D eigenvalue weighted by Crippen LogP contribution is -2.44. The van der Waals surface area contributed by atoms with Gasteiger partial charge in [0.05, 0.1) is 13.2 Å². The molecular weight excluding hydrogens is 300 g/mol. The lowest BCUT2D eigenvalue weighted by Gasteiger charge is -2.36. The van der Waals surface area contributed by atoms with Gasteiger partial charge in [-0.2, -0.15) is 0 Å². The van der Waals surface area contributed by atoms with E-state index in [1.165, 1.54) is 12.1 Å². The molecule has 0 aliphatic carbocycles. The summed E-state index contributed by atoms with van der Waals surface area (Å²) in [5.41, 5.74) is 1.26. The van der Waals surface area contributed by atoms with Crippen molar-refractivity contribution in [3.8, 4) is 0 Å². The minimum atomic E-state index is 0.296. The van der Waals surface area contributed by atoms with Crippen LogP contribution in [0.2, 0.25) is 0 Å². The maximum Gasteiger partial charge on any atom is 0.223 e. The Hall–Kier alpha value is -1.39. The summed E-state index contributed by atoms with van der Waals surface area (Å²) < 4.78 is 5.42. The molecule has 2 fully saturated rings. The molecule has 132 valence electrons. The number of benzene rings is 1. The van der Waals surface area contributed by atoms with Crippen LogP contribution in [-0.4, -0.2) is 61.6 Å². The molecule has 1 aromatic carbocycles. The Morgan fingerprint density at radius 3 is 2.46 bits per heavy atom. The zero-order chi connectivity index (χ0) is 16.8. The number of amides is 1. The molecule has 2 aliphatic heterocycles. The topological polar surface area (TPSA) is 32.8 Å². The van der Waals surface area contributed by atoms with Gasteiger partial charge in [-0.15, -0.1) is 0 Å². The van der Waals surface area contributed by atoms with Crippen molar-refractivity contribution in [1.29, 1.82) is 0 Å². The number of rotatable bonds is 5. The number of morpholine rings is 1. The SMILES string of the molecule is CC(CC(=O)N1CCC(CN2CCOCC2)CC1)c1ccccc1. The summed E-state index contributed by atoms with van der Waals surface area (Å²) in [6.45, 7) is 9.04. The van der Waals surface area contributed by atoms with Crippen LogP contribution < -0.4 is 0 Å². The molecule has 0 aromatic heterocycles. The highest BCUT2D eigenvalue weighted by Crippen LogP contribution is 2.23. The number of carbonyl (C=O) groups excluding carboxylic acids is 1. The van der Waals surface area contributed by atoms with Crippen molar-refractivity contribution in [3.05, 3.63) is 35.9 Å². The monoisotopic (exact) mass is 330 g/mol. The average molecular weight is 330 g/mol. The zero-order valence-electron chi connectivity index (χ0n) is 14.8. The second-order valence-electron chi connectivity index (χ2n) is 7.25. The number of carbonyl (C=O) groups is 1. The van der Waals surface area contributed by atoms with Crippen molar-refractivity contribution in [2.24, 2.45) is 5.92 Å². The highest BCUT2D eigenvalue weighted by molar-refractivity contribution is 5.77. The third-order valence-electron chi connectivity index (χ3n) is 5.44. The molecule has 0 saturated carbocycles. The zero-order valence-corrected chi connectivity index (χ0v) is 14.8. The van der Waals surface area contributed by atoms with Crippen LogP contribution in [-0.2, 0) is 9.53 Å². The Labute approximate surface area is 145 Å². The fraction of sp³-hybridized carbons (Fsp3) is 0.650. The lowest BCUT2D eigenvalue weighted by atomic mass is 9.94. The maximum atomic E-state index is 12.6. The molecule has 0 N–H and O–H groups in total. The molecule has 0 radical (unpaired) electrons.